The van der Waals surface area contributed by atoms with Crippen LogP contribution in [0.2, 0.25) is 0 Å². The lowest BCUT2D eigenvalue weighted by Crippen LogP contribution is -2.16. The first-order chi connectivity index (χ1) is 10.2. The number of ether oxygens (including phenoxy) is 1. The number of aryl methyl sites for hydroxylation is 1. The molecule has 0 aliphatic rings. The first-order valence-electron chi connectivity index (χ1n) is 7.03. The van der Waals surface area contributed by atoms with E-state index in [1.807, 2.05) is 25.2 Å². The summed E-state index contributed by atoms with van der Waals surface area (Å²) >= 11 is 0. The fourth-order valence-electron chi connectivity index (χ4n) is 2.67. The van der Waals surface area contributed by atoms with Gasteiger partial charge in [-0.1, -0.05) is 30.3 Å². The molecule has 3 rings (SSSR count). The van der Waals surface area contributed by atoms with E-state index in [0.29, 0.717) is 0 Å². The summed E-state index contributed by atoms with van der Waals surface area (Å²) in [4.78, 5) is 0. The fourth-order valence-corrected chi connectivity index (χ4v) is 2.67. The van der Waals surface area contributed by atoms with Gasteiger partial charge in [-0.05, 0) is 43.3 Å². The average molecular weight is 281 g/mol. The Morgan fingerprint density at radius 2 is 1.90 bits per heavy atom. The number of benzene rings is 2. The van der Waals surface area contributed by atoms with Gasteiger partial charge in [-0.3, -0.25) is 0 Å². The average Bonchev–Trinajstić information content (AvgIpc) is 2.93. The largest absolute Gasteiger partial charge is 0.497 e. The molecule has 1 N–H and O–H groups in total. The molecule has 0 spiro atoms. The van der Waals surface area contributed by atoms with E-state index in [9.17, 15) is 0 Å². The van der Waals surface area contributed by atoms with E-state index in [-0.39, 0.29) is 6.04 Å². The van der Waals surface area contributed by atoms with Crippen LogP contribution >= 0.6 is 0 Å². The SMILES string of the molecule is CNC(c1cccc(OC)c1)c1cc2cccc(C)c2o1. The van der Waals surface area contributed by atoms with Crippen LogP contribution in [-0.2, 0) is 0 Å². The van der Waals surface area contributed by atoms with Gasteiger partial charge in [-0.15, -0.1) is 0 Å². The molecule has 1 unspecified atom stereocenters. The zero-order chi connectivity index (χ0) is 14.8. The molecule has 0 bridgehead atoms. The molecule has 0 saturated carbocycles. The molecule has 1 aromatic heterocycles. The molecule has 108 valence electrons. The van der Waals surface area contributed by atoms with E-state index >= 15 is 0 Å². The highest BCUT2D eigenvalue weighted by Gasteiger charge is 2.17. The van der Waals surface area contributed by atoms with E-state index in [0.717, 1.165) is 33.6 Å². The van der Waals surface area contributed by atoms with Crippen molar-refractivity contribution in [3.8, 4) is 5.75 Å². The molecule has 0 aliphatic heterocycles. The van der Waals surface area contributed by atoms with Crippen LogP contribution in [0.4, 0.5) is 0 Å². The second-order valence-corrected chi connectivity index (χ2v) is 5.14. The van der Waals surface area contributed by atoms with E-state index in [4.69, 9.17) is 9.15 Å². The van der Waals surface area contributed by atoms with E-state index in [1.54, 1.807) is 7.11 Å². The van der Waals surface area contributed by atoms with E-state index in [2.05, 4.69) is 42.6 Å². The summed E-state index contributed by atoms with van der Waals surface area (Å²) in [5.74, 6) is 1.76. The molecule has 21 heavy (non-hydrogen) atoms. The molecule has 2 aromatic carbocycles. The first kappa shape index (κ1) is 13.7. The first-order valence-corrected chi connectivity index (χ1v) is 7.03. The van der Waals surface area contributed by atoms with Gasteiger partial charge >= 0.3 is 0 Å². The van der Waals surface area contributed by atoms with Crippen molar-refractivity contribution in [2.45, 2.75) is 13.0 Å². The third-order valence-electron chi connectivity index (χ3n) is 3.76. The van der Waals surface area contributed by atoms with Gasteiger partial charge in [0.1, 0.15) is 17.1 Å². The van der Waals surface area contributed by atoms with Crippen molar-refractivity contribution in [3.63, 3.8) is 0 Å². The minimum atomic E-state index is 0.00639. The number of para-hydroxylation sites is 1. The van der Waals surface area contributed by atoms with Crippen molar-refractivity contribution in [3.05, 3.63) is 65.4 Å². The highest BCUT2D eigenvalue weighted by atomic mass is 16.5. The molecule has 1 heterocycles. The number of fused-ring (bicyclic) bond motifs is 1. The second-order valence-electron chi connectivity index (χ2n) is 5.14. The molecule has 0 radical (unpaired) electrons. The Balaban J connectivity index is 2.07. The van der Waals surface area contributed by atoms with Crippen LogP contribution in [0.3, 0.4) is 0 Å². The lowest BCUT2D eigenvalue weighted by atomic mass is 10.0. The van der Waals surface area contributed by atoms with Gasteiger partial charge in [0.25, 0.3) is 0 Å². The van der Waals surface area contributed by atoms with Crippen LogP contribution in [-0.4, -0.2) is 14.2 Å². The molecule has 0 amide bonds. The van der Waals surface area contributed by atoms with E-state index in [1.165, 1.54) is 0 Å². The van der Waals surface area contributed by atoms with Gasteiger partial charge in [0, 0.05) is 5.39 Å². The Morgan fingerprint density at radius 3 is 2.62 bits per heavy atom. The van der Waals surface area contributed by atoms with Crippen LogP contribution in [0.15, 0.2) is 52.9 Å². The number of nitrogens with one attached hydrogen (secondary N) is 1. The molecule has 0 saturated heterocycles. The topological polar surface area (TPSA) is 34.4 Å². The van der Waals surface area contributed by atoms with Crippen molar-refractivity contribution in [2.75, 3.05) is 14.2 Å². The van der Waals surface area contributed by atoms with Crippen molar-refractivity contribution in [1.29, 1.82) is 0 Å². The number of hydrogen-bond acceptors (Lipinski definition) is 3. The molecule has 3 nitrogen and oxygen atoms in total. The predicted molar refractivity (Wildman–Crippen MR) is 84.8 cm³/mol. The Kier molecular flexibility index (Phi) is 3.67. The Labute approximate surface area is 124 Å². The third-order valence-corrected chi connectivity index (χ3v) is 3.76. The van der Waals surface area contributed by atoms with Crippen molar-refractivity contribution in [1.82, 2.24) is 5.32 Å². The normalized spacial score (nSPS) is 12.5. The zero-order valence-electron chi connectivity index (χ0n) is 12.5. The van der Waals surface area contributed by atoms with Gasteiger partial charge in [-0.2, -0.15) is 0 Å². The van der Waals surface area contributed by atoms with Crippen LogP contribution < -0.4 is 10.1 Å². The Hall–Kier alpha value is -2.26. The van der Waals surface area contributed by atoms with Crippen molar-refractivity contribution in [2.24, 2.45) is 0 Å². The van der Waals surface area contributed by atoms with Crippen LogP contribution in [0.25, 0.3) is 11.0 Å². The lowest BCUT2D eigenvalue weighted by molar-refractivity contribution is 0.413. The number of hydrogen-bond donors (Lipinski definition) is 1. The van der Waals surface area contributed by atoms with Gasteiger partial charge in [-0.25, -0.2) is 0 Å². The minimum absolute atomic E-state index is 0.00639. The third kappa shape index (κ3) is 2.52. The molecule has 3 aromatic rings. The maximum atomic E-state index is 6.08. The Morgan fingerprint density at radius 1 is 1.10 bits per heavy atom. The zero-order valence-corrected chi connectivity index (χ0v) is 12.5. The predicted octanol–water partition coefficient (Wildman–Crippen LogP) is 4.06. The molecule has 0 aliphatic carbocycles. The lowest BCUT2D eigenvalue weighted by Gasteiger charge is -2.14. The van der Waals surface area contributed by atoms with Gasteiger partial charge in [0.05, 0.1) is 13.2 Å². The summed E-state index contributed by atoms with van der Waals surface area (Å²) in [5, 5.41) is 4.45. The van der Waals surface area contributed by atoms with Gasteiger partial charge in [0.15, 0.2) is 0 Å². The smallest absolute Gasteiger partial charge is 0.137 e. The Bertz CT molecular complexity index is 761. The second kappa shape index (κ2) is 5.62. The molecule has 1 atom stereocenters. The summed E-state index contributed by atoms with van der Waals surface area (Å²) in [6.07, 6.45) is 0. The number of furan rings is 1. The maximum absolute atomic E-state index is 6.08. The van der Waals surface area contributed by atoms with Crippen LogP contribution in [0.5, 0.6) is 5.75 Å². The molecule has 0 fully saturated rings. The minimum Gasteiger partial charge on any atom is -0.497 e. The quantitative estimate of drug-likeness (QED) is 0.783. The van der Waals surface area contributed by atoms with Crippen molar-refractivity contribution >= 4 is 11.0 Å². The standard InChI is InChI=1S/C18H19NO2/c1-12-6-4-8-14-11-16(21-18(12)14)17(19-2)13-7-5-9-15(10-13)20-3/h4-11,17,19H,1-3H3. The molecular weight excluding hydrogens is 262 g/mol. The number of rotatable bonds is 4. The van der Waals surface area contributed by atoms with Gasteiger partial charge < -0.3 is 14.5 Å². The highest BCUT2D eigenvalue weighted by molar-refractivity contribution is 5.81. The van der Waals surface area contributed by atoms with Gasteiger partial charge in [0.2, 0.25) is 0 Å². The summed E-state index contributed by atoms with van der Waals surface area (Å²) in [5.41, 5.74) is 3.23. The summed E-state index contributed by atoms with van der Waals surface area (Å²) in [6, 6.07) is 16.3. The van der Waals surface area contributed by atoms with Crippen LogP contribution in [0.1, 0.15) is 22.9 Å². The molecular formula is C18H19NO2. The summed E-state index contributed by atoms with van der Waals surface area (Å²) in [6.45, 7) is 2.07. The summed E-state index contributed by atoms with van der Waals surface area (Å²) in [7, 11) is 3.61. The molecule has 3 heteroatoms. The maximum Gasteiger partial charge on any atom is 0.137 e. The fraction of sp³-hybridized carbons (Fsp3) is 0.222. The van der Waals surface area contributed by atoms with E-state index < -0.39 is 0 Å². The number of methoxy groups -OCH3 is 1. The van der Waals surface area contributed by atoms with Crippen LogP contribution in [0, 0.1) is 6.92 Å². The highest BCUT2D eigenvalue weighted by Crippen LogP contribution is 2.30. The summed E-state index contributed by atoms with van der Waals surface area (Å²) < 4.78 is 11.4. The van der Waals surface area contributed by atoms with Crippen molar-refractivity contribution < 1.29 is 9.15 Å². The monoisotopic (exact) mass is 281 g/mol.